The molecule has 2 amide bonds. The lowest BCUT2D eigenvalue weighted by atomic mass is 10.1. The predicted molar refractivity (Wildman–Crippen MR) is 150 cm³/mol. The van der Waals surface area contributed by atoms with E-state index in [1.165, 1.54) is 0 Å². The van der Waals surface area contributed by atoms with Crippen molar-refractivity contribution in [2.75, 3.05) is 0 Å². The molecule has 6 nitrogen and oxygen atoms in total. The van der Waals surface area contributed by atoms with E-state index in [-0.39, 0.29) is 31.1 Å². The highest BCUT2D eigenvalue weighted by Gasteiger charge is 2.46. The number of carbonyl (C=O) groups is 3. The smallest absolute Gasteiger partial charge is 0.310 e. The molecule has 1 aromatic heterocycles. The lowest BCUT2D eigenvalue weighted by Gasteiger charge is -2.44. The highest BCUT2D eigenvalue weighted by Crippen LogP contribution is 2.45. The number of aromatic nitrogens is 1. The van der Waals surface area contributed by atoms with Crippen molar-refractivity contribution < 1.29 is 23.5 Å². The second-order valence-corrected chi connectivity index (χ2v) is 18.0. The average molecular weight is 574 g/mol. The van der Waals surface area contributed by atoms with E-state index in [2.05, 4.69) is 45.8 Å². The molecule has 0 aliphatic carbocycles. The van der Waals surface area contributed by atoms with Crippen molar-refractivity contribution in [2.24, 2.45) is 0 Å². The van der Waals surface area contributed by atoms with Crippen LogP contribution in [0.5, 0.6) is 0 Å². The fourth-order valence-electron chi connectivity index (χ4n) is 5.62. The molecule has 0 radical (unpaired) electrons. The van der Waals surface area contributed by atoms with Crippen LogP contribution in [0, 0.1) is 5.82 Å². The summed E-state index contributed by atoms with van der Waals surface area (Å²) in [5.74, 6) is -1.42. The summed E-state index contributed by atoms with van der Waals surface area (Å²) < 4.78 is 23.3. The summed E-state index contributed by atoms with van der Waals surface area (Å²) in [5.41, 5.74) is 1.91. The third-order valence-corrected chi connectivity index (χ3v) is 14.3. The van der Waals surface area contributed by atoms with Crippen molar-refractivity contribution in [3.63, 3.8) is 0 Å². The zero-order chi connectivity index (χ0) is 28.5. The lowest BCUT2D eigenvalue weighted by Crippen LogP contribution is -2.51. The van der Waals surface area contributed by atoms with Gasteiger partial charge in [-0.25, -0.2) is 4.39 Å². The maximum Gasteiger partial charge on any atom is 0.310 e. The molecule has 37 heavy (non-hydrogen) atoms. The normalized spacial score (nSPS) is 14.7. The van der Waals surface area contributed by atoms with Crippen LogP contribution in [-0.2, 0) is 25.5 Å². The van der Waals surface area contributed by atoms with E-state index in [4.69, 9.17) is 28.1 Å². The predicted octanol–water partition coefficient (Wildman–Crippen LogP) is 7.63. The zero-order valence-electron chi connectivity index (χ0n) is 23.2. The molecule has 0 saturated carbocycles. The number of carbonyl (C=O) groups excluding carboxylic acids is 3. The first kappa shape index (κ1) is 31.3. The summed E-state index contributed by atoms with van der Waals surface area (Å²) in [6.45, 7) is 19.0. The van der Waals surface area contributed by atoms with Gasteiger partial charge in [0.05, 0.1) is 11.4 Å². The summed E-state index contributed by atoms with van der Waals surface area (Å²) in [4.78, 5) is 32.9. The van der Waals surface area contributed by atoms with Gasteiger partial charge in [0.2, 0.25) is 11.8 Å². The largest absolute Gasteiger partial charge is 0.460 e. The van der Waals surface area contributed by atoms with Crippen molar-refractivity contribution in [3.05, 3.63) is 34.7 Å². The Balaban J connectivity index is 0.000000510. The quantitative estimate of drug-likeness (QED) is 0.154. The van der Waals surface area contributed by atoms with Crippen molar-refractivity contribution in [2.45, 2.75) is 104 Å². The number of hydrogen-bond donors (Lipinski definition) is 0. The molecule has 1 saturated heterocycles. The first-order valence-corrected chi connectivity index (χ1v) is 15.6. The molecule has 1 aromatic carbocycles. The van der Waals surface area contributed by atoms with Crippen LogP contribution in [0.25, 0.3) is 10.9 Å². The van der Waals surface area contributed by atoms with Crippen LogP contribution >= 0.6 is 23.4 Å². The fraction of sp³-hybridized carbons (Fsp3) is 0.593. The Morgan fingerprint density at radius 3 is 1.89 bits per heavy atom. The minimum Gasteiger partial charge on any atom is -0.460 e. The summed E-state index contributed by atoms with van der Waals surface area (Å²) >= 11 is 11.8. The van der Waals surface area contributed by atoms with Gasteiger partial charge in [-0.05, 0) is 55.1 Å². The fourth-order valence-corrected chi connectivity index (χ4v) is 12.7. The van der Waals surface area contributed by atoms with E-state index in [1.54, 1.807) is 32.9 Å². The van der Waals surface area contributed by atoms with Gasteiger partial charge in [0.25, 0.3) is 0 Å². The van der Waals surface area contributed by atoms with Crippen molar-refractivity contribution in [1.82, 2.24) is 8.65 Å². The monoisotopic (exact) mass is 572 g/mol. The van der Waals surface area contributed by atoms with Gasteiger partial charge >= 0.3 is 5.97 Å². The number of rotatable bonds is 6. The Hall–Kier alpha value is -1.90. The molecule has 10 heteroatoms. The Morgan fingerprint density at radius 1 is 1.03 bits per heavy atom. The maximum absolute atomic E-state index is 15.0. The molecule has 0 N–H and O–H groups in total. The molecule has 3 rings (SSSR count). The standard InChI is InChI=1S/C23H35ClFNO2Si.C4H4ClNO2/c1-14(2)29(15(3)4,16(5)6)26-13-19(24)18-10-17(20(25)12-21(18)26)11-22(27)28-23(7,8)9;5-6-3(7)1-2-4(6)8/h10,12-16H,11H2,1-9H3;1-2H2. The lowest BCUT2D eigenvalue weighted by molar-refractivity contribution is -0.154. The van der Waals surface area contributed by atoms with E-state index in [1.807, 2.05) is 6.20 Å². The number of esters is 1. The molecule has 206 valence electrons. The highest BCUT2D eigenvalue weighted by atomic mass is 35.5. The van der Waals surface area contributed by atoms with Gasteiger partial charge in [-0.2, -0.15) is 4.42 Å². The number of benzene rings is 1. The molecular weight excluding hydrogens is 534 g/mol. The Bertz CT molecular complexity index is 1130. The maximum atomic E-state index is 15.0. The van der Waals surface area contributed by atoms with E-state index in [9.17, 15) is 14.4 Å². The highest BCUT2D eigenvalue weighted by molar-refractivity contribution is 6.82. The Morgan fingerprint density at radius 2 is 1.51 bits per heavy atom. The molecule has 2 aromatic rings. The van der Waals surface area contributed by atoms with E-state index < -0.39 is 25.6 Å². The van der Waals surface area contributed by atoms with E-state index >= 15 is 4.39 Å². The summed E-state index contributed by atoms with van der Waals surface area (Å²) in [5, 5.41) is 1.40. The number of ether oxygens (including phenoxy) is 1. The van der Waals surface area contributed by atoms with E-state index in [0.717, 1.165) is 10.9 Å². The van der Waals surface area contributed by atoms with Gasteiger partial charge in [0.15, 0.2) is 8.24 Å². The molecule has 2 heterocycles. The van der Waals surface area contributed by atoms with Crippen LogP contribution in [0.15, 0.2) is 18.3 Å². The second kappa shape index (κ2) is 11.9. The van der Waals surface area contributed by atoms with Gasteiger partial charge in [0, 0.05) is 41.7 Å². The Kier molecular flexibility index (Phi) is 10.0. The molecule has 1 aliphatic heterocycles. The van der Waals surface area contributed by atoms with Gasteiger partial charge in [0.1, 0.15) is 11.4 Å². The van der Waals surface area contributed by atoms with Crippen LogP contribution in [0.4, 0.5) is 4.39 Å². The van der Waals surface area contributed by atoms with Crippen LogP contribution in [0.2, 0.25) is 21.6 Å². The van der Waals surface area contributed by atoms with Gasteiger partial charge in [-0.3, -0.25) is 14.4 Å². The average Bonchev–Trinajstić information content (AvgIpc) is 3.20. The summed E-state index contributed by atoms with van der Waals surface area (Å²) in [7, 11) is -2.08. The van der Waals surface area contributed by atoms with Crippen LogP contribution in [0.3, 0.4) is 0 Å². The molecule has 1 aliphatic rings. The third-order valence-electron chi connectivity index (χ3n) is 6.86. The Labute approximate surface area is 230 Å². The second-order valence-electron chi connectivity index (χ2n) is 11.5. The van der Waals surface area contributed by atoms with Crippen molar-refractivity contribution in [3.8, 4) is 0 Å². The van der Waals surface area contributed by atoms with Crippen molar-refractivity contribution >= 4 is 60.3 Å². The molecule has 0 bridgehead atoms. The molecule has 0 unspecified atom stereocenters. The number of imide groups is 1. The van der Waals surface area contributed by atoms with Crippen molar-refractivity contribution in [1.29, 1.82) is 0 Å². The summed E-state index contributed by atoms with van der Waals surface area (Å²) in [6.07, 6.45) is 2.40. The minimum atomic E-state index is -2.08. The number of hydrogen-bond acceptors (Lipinski definition) is 4. The van der Waals surface area contributed by atoms with Gasteiger partial charge in [-0.1, -0.05) is 53.1 Å². The summed E-state index contributed by atoms with van der Waals surface area (Å²) in [6, 6.07) is 3.27. The minimum absolute atomic E-state index is 0.109. The topological polar surface area (TPSA) is 68.6 Å². The van der Waals surface area contributed by atoms with Crippen LogP contribution in [0.1, 0.15) is 80.7 Å². The number of nitrogens with zero attached hydrogens (tertiary/aromatic N) is 2. The molecular formula is C27H39Cl2FN2O4Si. The van der Waals surface area contributed by atoms with E-state index in [0.29, 0.717) is 31.6 Å². The number of halogens is 3. The molecule has 0 atom stereocenters. The van der Waals surface area contributed by atoms with Crippen LogP contribution in [-0.4, -0.2) is 40.3 Å². The SMILES string of the molecule is CC(C)[Si](C(C)C)(C(C)C)n1cc(Cl)c2cc(CC(=O)OC(C)(C)C)c(F)cc21.O=C1CCC(=O)N1Cl. The van der Waals surface area contributed by atoms with Gasteiger partial charge in [-0.15, -0.1) is 0 Å². The number of fused-ring (bicyclic) bond motifs is 1. The molecule has 0 spiro atoms. The van der Waals surface area contributed by atoms with Crippen LogP contribution < -0.4 is 0 Å². The molecule has 1 fully saturated rings. The van der Waals surface area contributed by atoms with Gasteiger partial charge < -0.3 is 8.97 Å². The number of amides is 2. The first-order chi connectivity index (χ1) is 16.9. The third kappa shape index (κ3) is 6.76. The first-order valence-electron chi connectivity index (χ1n) is 12.7. The zero-order valence-corrected chi connectivity index (χ0v) is 25.8.